The molecule has 0 radical (unpaired) electrons. The number of benzene rings is 1. The Morgan fingerprint density at radius 2 is 2.15 bits per heavy atom. The number of rotatable bonds is 5. The maximum absolute atomic E-state index is 14.5. The smallest absolute Gasteiger partial charge is 0.308 e. The van der Waals surface area contributed by atoms with Crippen LogP contribution in [0.25, 0.3) is 0 Å². The molecular weight excluding hydrogens is 353 g/mol. The molecule has 1 aliphatic carbocycles. The molecule has 1 aromatic carbocycles. The lowest BCUT2D eigenvalue weighted by atomic mass is 9.88. The highest BCUT2D eigenvalue weighted by Crippen LogP contribution is 2.57. The first-order valence-corrected chi connectivity index (χ1v) is 9.59. The molecule has 2 aliphatic rings. The second-order valence-corrected chi connectivity index (χ2v) is 8.20. The second-order valence-electron chi connectivity index (χ2n) is 7.10. The molecule has 6 heteroatoms. The van der Waals surface area contributed by atoms with Gasteiger partial charge >= 0.3 is 5.97 Å². The summed E-state index contributed by atoms with van der Waals surface area (Å²) in [6.07, 6.45) is 3.40. The lowest BCUT2D eigenvalue weighted by Crippen LogP contribution is -2.39. The Hall–Kier alpha value is -2.05. The number of nitrogens with zero attached hydrogens (tertiary/aromatic N) is 1. The number of hydrogen-bond donors (Lipinski definition) is 0. The Labute approximate surface area is 155 Å². The lowest BCUT2D eigenvalue weighted by molar-refractivity contribution is -0.131. The minimum absolute atomic E-state index is 0.258. The summed E-state index contributed by atoms with van der Waals surface area (Å²) in [5.41, 5.74) is 1.20. The van der Waals surface area contributed by atoms with Crippen LogP contribution in [0.4, 0.5) is 4.39 Å². The Kier molecular flexibility index (Phi) is 4.40. The predicted molar refractivity (Wildman–Crippen MR) is 96.6 cm³/mol. The van der Waals surface area contributed by atoms with Crippen LogP contribution in [-0.4, -0.2) is 23.7 Å². The van der Waals surface area contributed by atoms with Crippen molar-refractivity contribution in [3.8, 4) is 5.06 Å². The van der Waals surface area contributed by atoms with Crippen molar-refractivity contribution in [1.29, 1.82) is 0 Å². The third kappa shape index (κ3) is 3.08. The first kappa shape index (κ1) is 17.4. The molecule has 4 nitrogen and oxygen atoms in total. The predicted octanol–water partition coefficient (Wildman–Crippen LogP) is 3.89. The van der Waals surface area contributed by atoms with E-state index in [4.69, 9.17) is 4.74 Å². The normalized spacial score (nSPS) is 19.5. The van der Waals surface area contributed by atoms with Gasteiger partial charge in [0.2, 0.25) is 0 Å². The number of thiophene rings is 1. The van der Waals surface area contributed by atoms with Gasteiger partial charge in [0.05, 0.1) is 6.04 Å². The van der Waals surface area contributed by atoms with E-state index in [9.17, 15) is 14.0 Å². The fraction of sp³-hybridized carbons (Fsp3) is 0.400. The summed E-state index contributed by atoms with van der Waals surface area (Å²) in [6, 6.07) is 8.39. The molecule has 4 rings (SSSR count). The zero-order chi connectivity index (χ0) is 18.3. The summed E-state index contributed by atoms with van der Waals surface area (Å²) < 4.78 is 19.7. The summed E-state index contributed by atoms with van der Waals surface area (Å²) >= 11 is 1.49. The van der Waals surface area contributed by atoms with Gasteiger partial charge in [0.15, 0.2) is 5.06 Å². The fourth-order valence-corrected chi connectivity index (χ4v) is 4.96. The number of carbonyl (C=O) groups excluding carboxylic acids is 2. The van der Waals surface area contributed by atoms with Crippen molar-refractivity contribution in [2.45, 2.75) is 38.8 Å². The van der Waals surface area contributed by atoms with E-state index >= 15 is 0 Å². The molecule has 0 spiro atoms. The van der Waals surface area contributed by atoms with Crippen LogP contribution >= 0.6 is 11.3 Å². The highest BCUT2D eigenvalue weighted by molar-refractivity contribution is 7.14. The third-order valence-corrected chi connectivity index (χ3v) is 6.40. The molecule has 2 heterocycles. The van der Waals surface area contributed by atoms with Crippen LogP contribution in [0.2, 0.25) is 0 Å². The molecule has 1 saturated carbocycles. The molecule has 1 unspecified atom stereocenters. The van der Waals surface area contributed by atoms with Crippen molar-refractivity contribution >= 4 is 23.6 Å². The zero-order valence-corrected chi connectivity index (χ0v) is 15.4. The van der Waals surface area contributed by atoms with Gasteiger partial charge in [-0.25, -0.2) is 4.39 Å². The van der Waals surface area contributed by atoms with Crippen molar-refractivity contribution in [1.82, 2.24) is 4.90 Å². The van der Waals surface area contributed by atoms with Gasteiger partial charge in [0, 0.05) is 35.9 Å². The van der Waals surface area contributed by atoms with E-state index in [1.165, 1.54) is 29.2 Å². The van der Waals surface area contributed by atoms with Crippen LogP contribution in [0.1, 0.15) is 41.8 Å². The van der Waals surface area contributed by atoms with Gasteiger partial charge in [-0.3, -0.25) is 9.69 Å². The largest absolute Gasteiger partial charge is 0.416 e. The summed E-state index contributed by atoms with van der Waals surface area (Å²) in [7, 11) is 0. The topological polar surface area (TPSA) is 46.6 Å². The molecule has 0 bridgehead atoms. The van der Waals surface area contributed by atoms with Gasteiger partial charge in [0.25, 0.3) is 0 Å². The highest BCUT2D eigenvalue weighted by atomic mass is 32.1. The minimum atomic E-state index is -0.492. The van der Waals surface area contributed by atoms with Gasteiger partial charge in [-0.05, 0) is 37.0 Å². The fourth-order valence-electron chi connectivity index (χ4n) is 3.91. The first-order valence-electron chi connectivity index (χ1n) is 8.77. The van der Waals surface area contributed by atoms with Crippen LogP contribution in [-0.2, 0) is 22.6 Å². The molecule has 2 aromatic rings. The number of hydrogen-bond acceptors (Lipinski definition) is 5. The summed E-state index contributed by atoms with van der Waals surface area (Å²) in [6.45, 7) is 2.77. The van der Waals surface area contributed by atoms with E-state index in [2.05, 4.69) is 4.90 Å². The maximum atomic E-state index is 14.5. The van der Waals surface area contributed by atoms with E-state index in [1.54, 1.807) is 12.1 Å². The van der Waals surface area contributed by atoms with Crippen molar-refractivity contribution in [3.05, 3.63) is 52.2 Å². The second kappa shape index (κ2) is 6.59. The maximum Gasteiger partial charge on any atom is 0.308 e. The molecule has 1 aliphatic heterocycles. The monoisotopic (exact) mass is 373 g/mol. The van der Waals surface area contributed by atoms with E-state index in [0.717, 1.165) is 37.7 Å². The highest BCUT2D eigenvalue weighted by Gasteiger charge is 2.53. The third-order valence-electron chi connectivity index (χ3n) is 5.29. The number of fused-ring (bicyclic) bond motifs is 1. The Balaban J connectivity index is 1.66. The molecule has 0 saturated heterocycles. The number of ether oxygens (including phenoxy) is 1. The minimum Gasteiger partial charge on any atom is -0.416 e. The molecule has 26 heavy (non-hydrogen) atoms. The van der Waals surface area contributed by atoms with Crippen molar-refractivity contribution in [2.75, 3.05) is 6.54 Å². The van der Waals surface area contributed by atoms with Crippen molar-refractivity contribution in [2.24, 2.45) is 5.41 Å². The summed E-state index contributed by atoms with van der Waals surface area (Å²) in [5.74, 6) is -0.593. The molecule has 1 atom stereocenters. The van der Waals surface area contributed by atoms with Crippen LogP contribution in [0, 0.1) is 11.2 Å². The summed E-state index contributed by atoms with van der Waals surface area (Å²) in [5, 5.41) is 0.600. The molecule has 136 valence electrons. The van der Waals surface area contributed by atoms with Gasteiger partial charge in [-0.2, -0.15) is 0 Å². The molecule has 1 fully saturated rings. The first-order chi connectivity index (χ1) is 12.5. The Bertz CT molecular complexity index is 858. The van der Waals surface area contributed by atoms with Gasteiger partial charge < -0.3 is 9.53 Å². The van der Waals surface area contributed by atoms with E-state index in [1.807, 2.05) is 12.1 Å². The molecule has 1 aromatic heterocycles. The SMILES string of the molecule is CC(=O)Oc1cc2c(s1)CCN(C(c1ccccc1F)C1(C=O)CC1)C2. The average Bonchev–Trinajstić information content (AvgIpc) is 3.29. The lowest BCUT2D eigenvalue weighted by Gasteiger charge is -2.38. The van der Waals surface area contributed by atoms with Crippen molar-refractivity contribution < 1.29 is 18.7 Å². The molecule has 0 amide bonds. The van der Waals surface area contributed by atoms with E-state index in [0.29, 0.717) is 17.2 Å². The van der Waals surface area contributed by atoms with E-state index in [-0.39, 0.29) is 17.8 Å². The molecule has 0 N–H and O–H groups in total. The zero-order valence-electron chi connectivity index (χ0n) is 14.5. The van der Waals surface area contributed by atoms with E-state index < -0.39 is 5.41 Å². The van der Waals surface area contributed by atoms with Crippen LogP contribution < -0.4 is 4.74 Å². The van der Waals surface area contributed by atoms with Crippen molar-refractivity contribution in [3.63, 3.8) is 0 Å². The van der Waals surface area contributed by atoms with Gasteiger partial charge in [-0.15, -0.1) is 11.3 Å². The van der Waals surface area contributed by atoms with Gasteiger partial charge in [0.1, 0.15) is 12.1 Å². The Morgan fingerprint density at radius 3 is 2.81 bits per heavy atom. The number of carbonyl (C=O) groups is 2. The molecular formula is C20H20FNO3S. The summed E-state index contributed by atoms with van der Waals surface area (Å²) in [4.78, 5) is 26.4. The van der Waals surface area contributed by atoms with Gasteiger partial charge in [-0.1, -0.05) is 18.2 Å². The average molecular weight is 373 g/mol. The Morgan fingerprint density at radius 1 is 1.38 bits per heavy atom. The van der Waals surface area contributed by atoms with Crippen LogP contribution in [0.3, 0.4) is 0 Å². The number of aldehydes is 1. The number of halogens is 1. The van der Waals surface area contributed by atoms with Crippen LogP contribution in [0.5, 0.6) is 5.06 Å². The van der Waals surface area contributed by atoms with Crippen LogP contribution in [0.15, 0.2) is 30.3 Å². The standard InChI is InChI=1S/C20H20FNO3S/c1-13(24)25-18-10-14-11-22(9-6-17(14)26-18)19(20(12-23)7-8-20)15-4-2-3-5-16(15)21/h2-5,10,12,19H,6-9,11H2,1H3. The quantitative estimate of drug-likeness (QED) is 0.589. The number of esters is 1.